The largest absolute Gasteiger partial charge is 0.496 e. The average molecular weight is 276 g/mol. The van der Waals surface area contributed by atoms with Gasteiger partial charge in [0.25, 0.3) is 0 Å². The third-order valence-corrected chi connectivity index (χ3v) is 5.13. The zero-order valence-corrected chi connectivity index (χ0v) is 13.3. The molecule has 112 valence electrons. The van der Waals surface area contributed by atoms with Crippen molar-refractivity contribution in [1.29, 1.82) is 0 Å². The molecule has 0 radical (unpaired) electrons. The number of aryl methyl sites for hydroxylation is 1. The van der Waals surface area contributed by atoms with Gasteiger partial charge in [-0.2, -0.15) is 0 Å². The van der Waals surface area contributed by atoms with E-state index in [-0.39, 0.29) is 0 Å². The maximum Gasteiger partial charge on any atom is 0.128 e. The van der Waals surface area contributed by atoms with Crippen LogP contribution in [-0.4, -0.2) is 12.2 Å². The van der Waals surface area contributed by atoms with E-state index in [0.717, 1.165) is 48.5 Å². The fourth-order valence-corrected chi connectivity index (χ4v) is 3.49. The summed E-state index contributed by atoms with van der Waals surface area (Å²) < 4.78 is 5.61. The molecule has 0 spiro atoms. The normalized spacial score (nSPS) is 27.1. The molecule has 0 amide bonds. The van der Waals surface area contributed by atoms with E-state index in [4.69, 9.17) is 4.74 Å². The number of ether oxygens (including phenoxy) is 1. The van der Waals surface area contributed by atoms with Crippen LogP contribution in [0.2, 0.25) is 0 Å². The minimum Gasteiger partial charge on any atom is -0.496 e. The molecule has 0 heterocycles. The summed E-state index contributed by atoms with van der Waals surface area (Å²) >= 11 is 0. The maximum absolute atomic E-state index is 11.2. The van der Waals surface area contributed by atoms with Gasteiger partial charge in [-0.05, 0) is 56.6 Å². The first kappa shape index (κ1) is 15.4. The fraction of sp³-hybridized carbons (Fsp3) is 0.667. The minimum absolute atomic E-state index is 0.715. The third kappa shape index (κ3) is 2.85. The Balaban J connectivity index is 2.36. The number of methoxy groups -OCH3 is 1. The molecule has 2 atom stereocenters. The maximum atomic E-state index is 11.2. The molecule has 0 saturated heterocycles. The first-order valence-corrected chi connectivity index (χ1v) is 7.89. The van der Waals surface area contributed by atoms with Crippen LogP contribution in [-0.2, 0) is 5.60 Å². The van der Waals surface area contributed by atoms with Gasteiger partial charge in [0.1, 0.15) is 5.75 Å². The lowest BCUT2D eigenvalue weighted by Crippen LogP contribution is -2.26. The lowest BCUT2D eigenvalue weighted by molar-refractivity contribution is 0.0173. The lowest BCUT2D eigenvalue weighted by atomic mass is 9.84. The summed E-state index contributed by atoms with van der Waals surface area (Å²) in [6.45, 7) is 6.42. The van der Waals surface area contributed by atoms with Crippen molar-refractivity contribution < 1.29 is 9.84 Å². The topological polar surface area (TPSA) is 29.5 Å². The van der Waals surface area contributed by atoms with E-state index in [1.807, 2.05) is 0 Å². The van der Waals surface area contributed by atoms with Gasteiger partial charge >= 0.3 is 0 Å². The number of benzene rings is 1. The van der Waals surface area contributed by atoms with Gasteiger partial charge in [-0.1, -0.05) is 31.9 Å². The molecule has 0 aromatic heterocycles. The Morgan fingerprint density at radius 3 is 2.65 bits per heavy atom. The van der Waals surface area contributed by atoms with Crippen LogP contribution in [0, 0.1) is 19.8 Å². The summed E-state index contributed by atoms with van der Waals surface area (Å²) in [6, 6.07) is 4.17. The molecule has 1 aliphatic carbocycles. The second kappa shape index (κ2) is 6.17. The molecule has 1 fully saturated rings. The molecule has 1 aromatic carbocycles. The molecular formula is C18H28O2. The van der Waals surface area contributed by atoms with Crippen LogP contribution in [0.4, 0.5) is 0 Å². The lowest BCUT2D eigenvalue weighted by Gasteiger charge is -2.30. The second-order valence-electron chi connectivity index (χ2n) is 6.33. The molecule has 2 unspecified atom stereocenters. The van der Waals surface area contributed by atoms with Gasteiger partial charge in [0.05, 0.1) is 12.7 Å². The Morgan fingerprint density at radius 1 is 1.25 bits per heavy atom. The van der Waals surface area contributed by atoms with Crippen LogP contribution in [0.1, 0.15) is 62.1 Å². The molecular weight excluding hydrogens is 248 g/mol. The Labute approximate surface area is 123 Å². The Hall–Kier alpha value is -1.02. The summed E-state index contributed by atoms with van der Waals surface area (Å²) in [5, 5.41) is 11.2. The molecule has 1 saturated carbocycles. The van der Waals surface area contributed by atoms with Crippen LogP contribution < -0.4 is 4.74 Å². The molecule has 0 bridgehead atoms. The SMILES string of the molecule is CCC1CCCC(O)(c2ccc(C)c(C)c2OC)CC1. The van der Waals surface area contributed by atoms with E-state index < -0.39 is 5.60 Å². The highest BCUT2D eigenvalue weighted by Gasteiger charge is 2.35. The van der Waals surface area contributed by atoms with Crippen molar-refractivity contribution >= 4 is 0 Å². The summed E-state index contributed by atoms with van der Waals surface area (Å²) in [5.74, 6) is 1.64. The van der Waals surface area contributed by atoms with Crippen molar-refractivity contribution in [3.63, 3.8) is 0 Å². The summed E-state index contributed by atoms with van der Waals surface area (Å²) in [7, 11) is 1.71. The standard InChI is InChI=1S/C18H28O2/c1-5-15-7-6-11-18(19,12-10-15)16-9-8-13(2)14(3)17(16)20-4/h8-9,15,19H,5-7,10-12H2,1-4H3. The predicted molar refractivity (Wildman–Crippen MR) is 83.2 cm³/mol. The van der Waals surface area contributed by atoms with Crippen LogP contribution in [0.5, 0.6) is 5.75 Å². The minimum atomic E-state index is -0.715. The van der Waals surface area contributed by atoms with E-state index in [9.17, 15) is 5.11 Å². The van der Waals surface area contributed by atoms with E-state index in [0.29, 0.717) is 0 Å². The van der Waals surface area contributed by atoms with Gasteiger partial charge in [0, 0.05) is 5.56 Å². The quantitative estimate of drug-likeness (QED) is 0.824. The molecule has 1 aromatic rings. The average Bonchev–Trinajstić information content (AvgIpc) is 2.64. The molecule has 2 nitrogen and oxygen atoms in total. The van der Waals surface area contributed by atoms with Gasteiger partial charge in [-0.3, -0.25) is 0 Å². The second-order valence-corrected chi connectivity index (χ2v) is 6.33. The molecule has 1 aliphatic rings. The van der Waals surface area contributed by atoms with Crippen LogP contribution in [0.3, 0.4) is 0 Å². The van der Waals surface area contributed by atoms with Gasteiger partial charge < -0.3 is 9.84 Å². The van der Waals surface area contributed by atoms with Gasteiger partial charge in [0.15, 0.2) is 0 Å². The van der Waals surface area contributed by atoms with E-state index in [2.05, 4.69) is 32.9 Å². The fourth-order valence-electron chi connectivity index (χ4n) is 3.49. The highest BCUT2D eigenvalue weighted by molar-refractivity contribution is 5.48. The number of aliphatic hydroxyl groups is 1. The Kier molecular flexibility index (Phi) is 4.74. The van der Waals surface area contributed by atoms with Crippen molar-refractivity contribution in [2.24, 2.45) is 5.92 Å². The van der Waals surface area contributed by atoms with Crippen LogP contribution in [0.15, 0.2) is 12.1 Å². The van der Waals surface area contributed by atoms with Crippen molar-refractivity contribution in [3.8, 4) is 5.75 Å². The molecule has 0 aliphatic heterocycles. The molecule has 2 rings (SSSR count). The summed E-state index contributed by atoms with van der Waals surface area (Å²) in [5.41, 5.74) is 2.64. The van der Waals surface area contributed by atoms with Crippen LogP contribution >= 0.6 is 0 Å². The summed E-state index contributed by atoms with van der Waals surface area (Å²) in [6.07, 6.45) is 6.38. The third-order valence-electron chi connectivity index (χ3n) is 5.13. The zero-order chi connectivity index (χ0) is 14.8. The number of hydrogen-bond acceptors (Lipinski definition) is 2. The first-order chi connectivity index (χ1) is 9.51. The van der Waals surface area contributed by atoms with Crippen LogP contribution in [0.25, 0.3) is 0 Å². The van der Waals surface area contributed by atoms with E-state index in [1.165, 1.54) is 18.4 Å². The molecule has 2 heteroatoms. The number of rotatable bonds is 3. The van der Waals surface area contributed by atoms with E-state index in [1.54, 1.807) is 7.11 Å². The smallest absolute Gasteiger partial charge is 0.128 e. The van der Waals surface area contributed by atoms with Crippen molar-refractivity contribution in [3.05, 3.63) is 28.8 Å². The Bertz CT molecular complexity index is 467. The van der Waals surface area contributed by atoms with Crippen molar-refractivity contribution in [2.45, 2.75) is 64.9 Å². The van der Waals surface area contributed by atoms with Crippen molar-refractivity contribution in [1.82, 2.24) is 0 Å². The molecule has 1 N–H and O–H groups in total. The van der Waals surface area contributed by atoms with Gasteiger partial charge in [-0.15, -0.1) is 0 Å². The predicted octanol–water partition coefficient (Wildman–Crippen LogP) is 4.49. The van der Waals surface area contributed by atoms with Gasteiger partial charge in [-0.25, -0.2) is 0 Å². The first-order valence-electron chi connectivity index (χ1n) is 7.89. The van der Waals surface area contributed by atoms with Gasteiger partial charge in [0.2, 0.25) is 0 Å². The monoisotopic (exact) mass is 276 g/mol. The Morgan fingerprint density at radius 2 is 2.00 bits per heavy atom. The van der Waals surface area contributed by atoms with E-state index >= 15 is 0 Å². The molecule has 20 heavy (non-hydrogen) atoms. The van der Waals surface area contributed by atoms with Crippen molar-refractivity contribution in [2.75, 3.05) is 7.11 Å². The zero-order valence-electron chi connectivity index (χ0n) is 13.3. The summed E-state index contributed by atoms with van der Waals surface area (Å²) in [4.78, 5) is 0. The highest BCUT2D eigenvalue weighted by atomic mass is 16.5. The number of hydrogen-bond donors (Lipinski definition) is 1. The highest BCUT2D eigenvalue weighted by Crippen LogP contribution is 2.43.